The van der Waals surface area contributed by atoms with Gasteiger partial charge >= 0.3 is 0 Å². The van der Waals surface area contributed by atoms with Crippen LogP contribution in [0.3, 0.4) is 0 Å². The van der Waals surface area contributed by atoms with Crippen LogP contribution in [0.1, 0.15) is 0 Å². The van der Waals surface area contributed by atoms with Gasteiger partial charge in [-0.3, -0.25) is 4.79 Å². The van der Waals surface area contributed by atoms with Crippen LogP contribution in [0.15, 0.2) is 21.5 Å². The fourth-order valence-electron chi connectivity index (χ4n) is 1.39. The number of nitrogens with zero attached hydrogens (tertiary/aromatic N) is 1. The van der Waals surface area contributed by atoms with Crippen LogP contribution in [0.4, 0.5) is 0 Å². The molecule has 0 bridgehead atoms. The maximum Gasteiger partial charge on any atom is 0.281 e. The fraction of sp³-hybridized carbons (Fsp3) is 0.200. The molecule has 0 fully saturated rings. The van der Waals surface area contributed by atoms with Crippen molar-refractivity contribution in [3.05, 3.63) is 27.1 Å². The SMILES string of the molecule is COc1cc2nc(Br)c(=O)[nH]c2cc1OC. The number of fused-ring (bicyclic) bond motifs is 1. The third kappa shape index (κ3) is 1.76. The molecule has 0 aliphatic carbocycles. The van der Waals surface area contributed by atoms with Gasteiger partial charge in [0.15, 0.2) is 16.1 Å². The van der Waals surface area contributed by atoms with E-state index in [0.29, 0.717) is 22.5 Å². The van der Waals surface area contributed by atoms with Gasteiger partial charge in [0.1, 0.15) is 0 Å². The van der Waals surface area contributed by atoms with Crippen molar-refractivity contribution >= 4 is 27.0 Å². The van der Waals surface area contributed by atoms with Gasteiger partial charge in [0.2, 0.25) is 0 Å². The zero-order valence-corrected chi connectivity index (χ0v) is 10.3. The van der Waals surface area contributed by atoms with Gasteiger partial charge in [-0.25, -0.2) is 4.98 Å². The Morgan fingerprint density at radius 2 is 1.88 bits per heavy atom. The summed E-state index contributed by atoms with van der Waals surface area (Å²) in [6, 6.07) is 3.38. The molecule has 1 aromatic heterocycles. The number of benzene rings is 1. The van der Waals surface area contributed by atoms with Crippen LogP contribution < -0.4 is 15.0 Å². The lowest BCUT2D eigenvalue weighted by Gasteiger charge is -2.08. The Balaban J connectivity index is 2.78. The summed E-state index contributed by atoms with van der Waals surface area (Å²) in [6.45, 7) is 0. The number of methoxy groups -OCH3 is 2. The molecule has 84 valence electrons. The third-order valence-corrected chi connectivity index (χ3v) is 2.69. The number of rotatable bonds is 2. The van der Waals surface area contributed by atoms with Crippen LogP contribution in [0.25, 0.3) is 11.0 Å². The highest BCUT2D eigenvalue weighted by atomic mass is 79.9. The average Bonchev–Trinajstić information content (AvgIpc) is 2.29. The number of nitrogens with one attached hydrogen (secondary N) is 1. The lowest BCUT2D eigenvalue weighted by atomic mass is 10.2. The minimum atomic E-state index is -0.278. The van der Waals surface area contributed by atoms with Crippen molar-refractivity contribution in [2.75, 3.05) is 14.2 Å². The van der Waals surface area contributed by atoms with Crippen molar-refractivity contribution in [2.24, 2.45) is 0 Å². The molecule has 16 heavy (non-hydrogen) atoms. The summed E-state index contributed by atoms with van der Waals surface area (Å²) >= 11 is 3.07. The highest BCUT2D eigenvalue weighted by molar-refractivity contribution is 9.10. The van der Waals surface area contributed by atoms with Crippen LogP contribution in [0, 0.1) is 0 Å². The number of aromatic amines is 1. The Morgan fingerprint density at radius 1 is 1.25 bits per heavy atom. The predicted octanol–water partition coefficient (Wildman–Crippen LogP) is 1.70. The van der Waals surface area contributed by atoms with Crippen molar-refractivity contribution in [3.63, 3.8) is 0 Å². The second kappa shape index (κ2) is 4.13. The van der Waals surface area contributed by atoms with E-state index in [-0.39, 0.29) is 10.2 Å². The topological polar surface area (TPSA) is 64.2 Å². The van der Waals surface area contributed by atoms with Crippen molar-refractivity contribution < 1.29 is 9.47 Å². The van der Waals surface area contributed by atoms with Gasteiger partial charge in [-0.05, 0) is 15.9 Å². The summed E-state index contributed by atoms with van der Waals surface area (Å²) in [5.41, 5.74) is 0.953. The molecule has 0 unspecified atom stereocenters. The van der Waals surface area contributed by atoms with Crippen LogP contribution in [-0.4, -0.2) is 24.2 Å². The van der Waals surface area contributed by atoms with Crippen molar-refractivity contribution in [1.82, 2.24) is 9.97 Å². The minimum Gasteiger partial charge on any atom is -0.493 e. The molecule has 0 amide bonds. The van der Waals surface area contributed by atoms with Gasteiger partial charge < -0.3 is 14.5 Å². The van der Waals surface area contributed by atoms with Gasteiger partial charge in [-0.2, -0.15) is 0 Å². The molecule has 0 radical (unpaired) electrons. The molecule has 2 rings (SSSR count). The molecule has 0 aliphatic heterocycles. The van der Waals surface area contributed by atoms with Gasteiger partial charge in [-0.1, -0.05) is 0 Å². The predicted molar refractivity (Wildman–Crippen MR) is 63.2 cm³/mol. The molecule has 1 aromatic carbocycles. The van der Waals surface area contributed by atoms with E-state index in [4.69, 9.17) is 9.47 Å². The van der Waals surface area contributed by atoms with Crippen molar-refractivity contribution in [3.8, 4) is 11.5 Å². The molecule has 2 aromatic rings. The number of hydrogen-bond acceptors (Lipinski definition) is 4. The van der Waals surface area contributed by atoms with Gasteiger partial charge in [0, 0.05) is 12.1 Å². The lowest BCUT2D eigenvalue weighted by molar-refractivity contribution is 0.355. The van der Waals surface area contributed by atoms with Crippen LogP contribution in [0.2, 0.25) is 0 Å². The number of hydrogen-bond donors (Lipinski definition) is 1. The van der Waals surface area contributed by atoms with E-state index in [1.165, 1.54) is 7.11 Å². The second-order valence-corrected chi connectivity index (χ2v) is 3.83. The second-order valence-electron chi connectivity index (χ2n) is 3.08. The summed E-state index contributed by atoms with van der Waals surface area (Å²) in [6.07, 6.45) is 0. The molecule has 0 saturated heterocycles. The highest BCUT2D eigenvalue weighted by Crippen LogP contribution is 2.30. The van der Waals surface area contributed by atoms with E-state index >= 15 is 0 Å². The lowest BCUT2D eigenvalue weighted by Crippen LogP contribution is -2.08. The number of aromatic nitrogens is 2. The Kier molecular flexibility index (Phi) is 2.82. The Bertz CT molecular complexity index is 594. The molecular formula is C10H9BrN2O3. The molecule has 0 aliphatic rings. The normalized spacial score (nSPS) is 10.4. The smallest absolute Gasteiger partial charge is 0.281 e. The quantitative estimate of drug-likeness (QED) is 0.912. The summed E-state index contributed by atoms with van der Waals surface area (Å²) in [5.74, 6) is 1.12. The van der Waals surface area contributed by atoms with Crippen LogP contribution in [-0.2, 0) is 0 Å². The average molecular weight is 285 g/mol. The Hall–Kier alpha value is -1.56. The largest absolute Gasteiger partial charge is 0.493 e. The van der Waals surface area contributed by atoms with Crippen LogP contribution in [0.5, 0.6) is 11.5 Å². The zero-order chi connectivity index (χ0) is 11.7. The van der Waals surface area contributed by atoms with E-state index in [1.54, 1.807) is 19.2 Å². The minimum absolute atomic E-state index is 0.243. The van der Waals surface area contributed by atoms with Gasteiger partial charge in [0.05, 0.1) is 25.3 Å². The van der Waals surface area contributed by atoms with Crippen molar-refractivity contribution in [2.45, 2.75) is 0 Å². The van der Waals surface area contributed by atoms with E-state index < -0.39 is 0 Å². The Labute approximate surface area is 99.5 Å². The number of ether oxygens (including phenoxy) is 2. The first-order valence-electron chi connectivity index (χ1n) is 4.47. The molecule has 1 N–H and O–H groups in total. The maximum atomic E-state index is 11.4. The molecule has 5 nitrogen and oxygen atoms in total. The Morgan fingerprint density at radius 3 is 2.50 bits per heavy atom. The standard InChI is InChI=1S/C10H9BrN2O3/c1-15-7-3-5-6(4-8(7)16-2)13-10(14)9(11)12-5/h3-4H,1-2H3,(H,13,14). The molecule has 0 atom stereocenters. The fourth-order valence-corrected chi connectivity index (χ4v) is 1.68. The molecule has 0 saturated carbocycles. The van der Waals surface area contributed by atoms with E-state index in [2.05, 4.69) is 25.9 Å². The van der Waals surface area contributed by atoms with E-state index in [0.717, 1.165) is 0 Å². The summed E-state index contributed by atoms with van der Waals surface area (Å²) in [4.78, 5) is 18.1. The monoisotopic (exact) mass is 284 g/mol. The van der Waals surface area contributed by atoms with Crippen LogP contribution >= 0.6 is 15.9 Å². The first-order chi connectivity index (χ1) is 7.65. The van der Waals surface area contributed by atoms with Gasteiger partial charge in [-0.15, -0.1) is 0 Å². The summed E-state index contributed by atoms with van der Waals surface area (Å²) < 4.78 is 10.5. The molecule has 6 heteroatoms. The maximum absolute atomic E-state index is 11.4. The highest BCUT2D eigenvalue weighted by Gasteiger charge is 2.08. The number of H-pyrrole nitrogens is 1. The summed E-state index contributed by atoms with van der Waals surface area (Å²) in [7, 11) is 3.08. The van der Waals surface area contributed by atoms with E-state index in [9.17, 15) is 4.79 Å². The molecule has 1 heterocycles. The zero-order valence-electron chi connectivity index (χ0n) is 8.70. The first kappa shape index (κ1) is 10.9. The van der Waals surface area contributed by atoms with Gasteiger partial charge in [0.25, 0.3) is 5.56 Å². The molecular weight excluding hydrogens is 276 g/mol. The first-order valence-corrected chi connectivity index (χ1v) is 5.26. The summed E-state index contributed by atoms with van der Waals surface area (Å²) in [5, 5.41) is 0. The number of halogens is 1. The third-order valence-electron chi connectivity index (χ3n) is 2.16. The van der Waals surface area contributed by atoms with E-state index in [1.807, 2.05) is 0 Å². The molecule has 0 spiro atoms. The van der Waals surface area contributed by atoms with Crippen molar-refractivity contribution in [1.29, 1.82) is 0 Å².